The Labute approximate surface area is 139 Å². The molecule has 124 valence electrons. The molecular weight excluding hydrogens is 304 g/mol. The summed E-state index contributed by atoms with van der Waals surface area (Å²) >= 11 is 0. The summed E-state index contributed by atoms with van der Waals surface area (Å²) in [5.74, 6) is -0.357. The normalized spacial score (nSPS) is 10.9. The average Bonchev–Trinajstić information content (AvgIpc) is 2.84. The van der Waals surface area contributed by atoms with Crippen molar-refractivity contribution in [1.29, 1.82) is 0 Å². The van der Waals surface area contributed by atoms with Crippen molar-refractivity contribution in [3.63, 3.8) is 0 Å². The topological polar surface area (TPSA) is 64.2 Å². The zero-order chi connectivity index (χ0) is 17.1. The molecule has 0 aliphatic heterocycles. The summed E-state index contributed by atoms with van der Waals surface area (Å²) in [4.78, 5) is 23.5. The minimum absolute atomic E-state index is 0.00985. The van der Waals surface area contributed by atoms with Gasteiger partial charge >= 0.3 is 5.76 Å². The van der Waals surface area contributed by atoms with Gasteiger partial charge in [0.05, 0.1) is 11.9 Å². The van der Waals surface area contributed by atoms with Crippen molar-refractivity contribution in [2.24, 2.45) is 7.05 Å². The number of hydrogen-bond acceptors (Lipinski definition) is 3. The van der Waals surface area contributed by atoms with Crippen molar-refractivity contribution < 1.29 is 9.21 Å². The fourth-order valence-electron chi connectivity index (χ4n) is 2.63. The number of oxazole rings is 1. The number of aromatic nitrogens is 1. The first-order valence-corrected chi connectivity index (χ1v) is 7.93. The lowest BCUT2D eigenvalue weighted by Crippen LogP contribution is -2.27. The average molecular weight is 324 g/mol. The summed E-state index contributed by atoms with van der Waals surface area (Å²) in [5.41, 5.74) is 4.59. The van der Waals surface area contributed by atoms with Crippen LogP contribution in [0.5, 0.6) is 0 Å². The first-order chi connectivity index (χ1) is 11.5. The molecular formula is C19H20N2O3. The van der Waals surface area contributed by atoms with Gasteiger partial charge in [-0.15, -0.1) is 0 Å². The molecule has 24 heavy (non-hydrogen) atoms. The van der Waals surface area contributed by atoms with Gasteiger partial charge in [-0.1, -0.05) is 35.9 Å². The highest BCUT2D eigenvalue weighted by molar-refractivity contribution is 5.78. The second kappa shape index (κ2) is 6.74. The molecule has 0 spiro atoms. The first-order valence-electron chi connectivity index (χ1n) is 7.93. The van der Waals surface area contributed by atoms with Crippen LogP contribution >= 0.6 is 0 Å². The molecule has 1 heterocycles. The monoisotopic (exact) mass is 324 g/mol. The molecule has 0 aliphatic rings. The van der Waals surface area contributed by atoms with Crippen LogP contribution in [0, 0.1) is 6.92 Å². The van der Waals surface area contributed by atoms with Gasteiger partial charge in [0.25, 0.3) is 0 Å². The Balaban J connectivity index is 1.56. The number of benzene rings is 2. The number of carbonyl (C=O) groups is 1. The van der Waals surface area contributed by atoms with E-state index in [0.29, 0.717) is 25.0 Å². The predicted octanol–water partition coefficient (Wildman–Crippen LogP) is 2.34. The maximum atomic E-state index is 12.0. The molecule has 1 amide bonds. The van der Waals surface area contributed by atoms with E-state index in [0.717, 1.165) is 16.6 Å². The third-order valence-corrected chi connectivity index (χ3v) is 4.08. The fraction of sp³-hybridized carbons (Fsp3) is 0.263. The number of carbonyl (C=O) groups excluding carboxylic acids is 1. The highest BCUT2D eigenvalue weighted by Gasteiger charge is 2.07. The molecule has 5 nitrogen and oxygen atoms in total. The van der Waals surface area contributed by atoms with E-state index in [1.54, 1.807) is 13.1 Å². The van der Waals surface area contributed by atoms with E-state index in [1.807, 2.05) is 43.3 Å². The quantitative estimate of drug-likeness (QED) is 0.783. The lowest BCUT2D eigenvalue weighted by molar-refractivity contribution is -0.120. The molecule has 3 rings (SSSR count). The molecule has 0 atom stereocenters. The van der Waals surface area contributed by atoms with E-state index < -0.39 is 0 Å². The van der Waals surface area contributed by atoms with Crippen LogP contribution in [0.3, 0.4) is 0 Å². The van der Waals surface area contributed by atoms with Gasteiger partial charge in [0.1, 0.15) is 0 Å². The van der Waals surface area contributed by atoms with Crippen LogP contribution in [0.25, 0.3) is 11.1 Å². The number of aryl methyl sites for hydroxylation is 2. The largest absolute Gasteiger partial charge is 0.419 e. The summed E-state index contributed by atoms with van der Waals surface area (Å²) in [7, 11) is 1.68. The van der Waals surface area contributed by atoms with Gasteiger partial charge in [-0.3, -0.25) is 9.36 Å². The van der Waals surface area contributed by atoms with Crippen LogP contribution in [-0.4, -0.2) is 17.0 Å². The van der Waals surface area contributed by atoms with E-state index in [1.165, 1.54) is 10.1 Å². The number of fused-ring (bicyclic) bond motifs is 1. The van der Waals surface area contributed by atoms with E-state index >= 15 is 0 Å². The van der Waals surface area contributed by atoms with Gasteiger partial charge in [-0.25, -0.2) is 4.79 Å². The number of nitrogens with zero attached hydrogens (tertiary/aromatic N) is 1. The molecule has 0 radical (unpaired) electrons. The zero-order valence-electron chi connectivity index (χ0n) is 13.8. The third-order valence-electron chi connectivity index (χ3n) is 4.08. The Morgan fingerprint density at radius 3 is 2.58 bits per heavy atom. The van der Waals surface area contributed by atoms with Crippen LogP contribution in [0.1, 0.15) is 16.7 Å². The Morgan fingerprint density at radius 2 is 1.83 bits per heavy atom. The van der Waals surface area contributed by atoms with Crippen molar-refractivity contribution in [3.05, 3.63) is 69.7 Å². The molecule has 5 heteroatoms. The highest BCUT2D eigenvalue weighted by Crippen LogP contribution is 2.14. The Bertz CT molecular complexity index is 920. The fourth-order valence-corrected chi connectivity index (χ4v) is 2.63. The summed E-state index contributed by atoms with van der Waals surface area (Å²) < 4.78 is 6.59. The summed E-state index contributed by atoms with van der Waals surface area (Å²) in [6, 6.07) is 13.6. The summed E-state index contributed by atoms with van der Waals surface area (Å²) in [6.45, 7) is 2.58. The van der Waals surface area contributed by atoms with Crippen LogP contribution in [0.2, 0.25) is 0 Å². The van der Waals surface area contributed by atoms with Crippen LogP contribution in [0.4, 0.5) is 0 Å². The van der Waals surface area contributed by atoms with Crippen molar-refractivity contribution >= 4 is 17.0 Å². The lowest BCUT2D eigenvalue weighted by atomic mass is 10.1. The summed E-state index contributed by atoms with van der Waals surface area (Å²) in [5, 5.41) is 2.93. The molecule has 1 aromatic heterocycles. The van der Waals surface area contributed by atoms with Gasteiger partial charge in [0.15, 0.2) is 5.58 Å². The number of nitrogens with one attached hydrogen (secondary N) is 1. The molecule has 0 fully saturated rings. The van der Waals surface area contributed by atoms with Crippen molar-refractivity contribution in [3.8, 4) is 0 Å². The predicted molar refractivity (Wildman–Crippen MR) is 93.1 cm³/mol. The van der Waals surface area contributed by atoms with E-state index in [4.69, 9.17) is 4.42 Å². The summed E-state index contributed by atoms with van der Waals surface area (Å²) in [6.07, 6.45) is 1.09. The van der Waals surface area contributed by atoms with Crippen molar-refractivity contribution in [1.82, 2.24) is 9.88 Å². The Hall–Kier alpha value is -2.82. The smallest absolute Gasteiger partial charge is 0.408 e. The molecule has 0 saturated carbocycles. The van der Waals surface area contributed by atoms with E-state index in [-0.39, 0.29) is 11.7 Å². The molecule has 0 saturated heterocycles. The van der Waals surface area contributed by atoms with Crippen molar-refractivity contribution in [2.45, 2.75) is 19.8 Å². The molecule has 0 aliphatic carbocycles. The lowest BCUT2D eigenvalue weighted by Gasteiger charge is -2.06. The molecule has 0 bridgehead atoms. The molecule has 3 aromatic rings. The van der Waals surface area contributed by atoms with Gasteiger partial charge in [0, 0.05) is 13.6 Å². The molecule has 1 N–H and O–H groups in total. The second-order valence-corrected chi connectivity index (χ2v) is 5.99. The molecule has 0 unspecified atom stereocenters. The van der Waals surface area contributed by atoms with Gasteiger partial charge < -0.3 is 9.73 Å². The van der Waals surface area contributed by atoms with Gasteiger partial charge in [-0.05, 0) is 36.6 Å². The maximum Gasteiger partial charge on any atom is 0.419 e. The van der Waals surface area contributed by atoms with Crippen molar-refractivity contribution in [2.75, 3.05) is 6.54 Å². The van der Waals surface area contributed by atoms with Crippen LogP contribution in [-0.2, 0) is 24.7 Å². The minimum Gasteiger partial charge on any atom is -0.408 e. The Morgan fingerprint density at radius 1 is 1.12 bits per heavy atom. The second-order valence-electron chi connectivity index (χ2n) is 5.99. The SMILES string of the molecule is Cc1ccc(CC(=O)NCCc2ccc3oc(=O)n(C)c3c2)cc1. The Kier molecular flexibility index (Phi) is 4.51. The standard InChI is InChI=1S/C19H20N2O3/c1-13-3-5-14(6-4-13)12-18(22)20-10-9-15-7-8-17-16(11-15)21(2)19(23)24-17/h3-8,11H,9-10,12H2,1-2H3,(H,20,22). The van der Waals surface area contributed by atoms with Gasteiger partial charge in [-0.2, -0.15) is 0 Å². The maximum absolute atomic E-state index is 12.0. The highest BCUT2D eigenvalue weighted by atomic mass is 16.4. The van der Waals surface area contributed by atoms with Crippen LogP contribution < -0.4 is 11.1 Å². The number of hydrogen-bond donors (Lipinski definition) is 1. The number of rotatable bonds is 5. The first kappa shape index (κ1) is 16.1. The van der Waals surface area contributed by atoms with E-state index in [2.05, 4.69) is 5.32 Å². The minimum atomic E-state index is -0.367. The third kappa shape index (κ3) is 3.56. The van der Waals surface area contributed by atoms with Crippen LogP contribution in [0.15, 0.2) is 51.7 Å². The number of amides is 1. The van der Waals surface area contributed by atoms with Gasteiger partial charge in [0.2, 0.25) is 5.91 Å². The van der Waals surface area contributed by atoms with E-state index in [9.17, 15) is 9.59 Å². The zero-order valence-corrected chi connectivity index (χ0v) is 13.8. The molecule has 2 aromatic carbocycles.